The zero-order valence-corrected chi connectivity index (χ0v) is 14.5. The Bertz CT molecular complexity index is 830. The Hall–Kier alpha value is -2.40. The molecule has 122 valence electrons. The van der Waals surface area contributed by atoms with Crippen molar-refractivity contribution in [3.05, 3.63) is 94.1 Å². The first-order valence-corrected chi connectivity index (χ1v) is 8.18. The number of hydrogen-bond acceptors (Lipinski definition) is 2. The van der Waals surface area contributed by atoms with Gasteiger partial charge >= 0.3 is 0 Å². The fourth-order valence-electron chi connectivity index (χ4n) is 2.64. The van der Waals surface area contributed by atoms with Crippen LogP contribution >= 0.6 is 15.9 Å². The highest BCUT2D eigenvalue weighted by Gasteiger charge is 2.26. The zero-order valence-electron chi connectivity index (χ0n) is 12.9. The third-order valence-corrected chi connectivity index (χ3v) is 4.22. The summed E-state index contributed by atoms with van der Waals surface area (Å²) in [6.45, 7) is 0. The Morgan fingerprint density at radius 1 is 1.00 bits per heavy atom. The second-order valence-corrected chi connectivity index (χ2v) is 6.17. The van der Waals surface area contributed by atoms with Crippen molar-refractivity contribution in [3.8, 4) is 0 Å². The fourth-order valence-corrected chi connectivity index (χ4v) is 2.95. The monoisotopic (exact) mass is 387 g/mol. The molecule has 3 rings (SSSR count). The molecule has 0 N–H and O–H groups in total. The summed E-state index contributed by atoms with van der Waals surface area (Å²) in [4.78, 5) is 14.3. The van der Waals surface area contributed by atoms with Crippen molar-refractivity contribution in [1.29, 1.82) is 0 Å². The van der Waals surface area contributed by atoms with Gasteiger partial charge in [-0.15, -0.1) is 0 Å². The maximum Gasteiger partial charge on any atom is 0.290 e. The van der Waals surface area contributed by atoms with Gasteiger partial charge in [-0.05, 0) is 51.3 Å². The average molecular weight is 388 g/mol. The van der Waals surface area contributed by atoms with Crippen LogP contribution < -0.4 is 0 Å². The van der Waals surface area contributed by atoms with Crippen molar-refractivity contribution in [3.63, 3.8) is 0 Å². The van der Waals surface area contributed by atoms with Crippen LogP contribution in [0.15, 0.2) is 75.8 Å². The number of rotatable bonds is 4. The molecule has 5 heteroatoms. The average Bonchev–Trinajstić information content (AvgIpc) is 3.03. The minimum atomic E-state index is -0.344. The van der Waals surface area contributed by atoms with Crippen LogP contribution in [0.3, 0.4) is 0 Å². The maximum atomic E-state index is 13.3. The van der Waals surface area contributed by atoms with Gasteiger partial charge in [0, 0.05) is 7.05 Å². The molecule has 0 aliphatic rings. The topological polar surface area (TPSA) is 33.5 Å². The molecule has 0 spiro atoms. The van der Waals surface area contributed by atoms with E-state index in [1.165, 1.54) is 12.1 Å². The molecule has 0 fully saturated rings. The number of hydrogen-bond donors (Lipinski definition) is 0. The Balaban J connectivity index is 2.01. The molecule has 0 bridgehead atoms. The summed E-state index contributed by atoms with van der Waals surface area (Å²) in [5.74, 6) is -0.319. The summed E-state index contributed by atoms with van der Waals surface area (Å²) in [6, 6.07) is 18.7. The molecule has 0 saturated heterocycles. The van der Waals surface area contributed by atoms with E-state index in [2.05, 4.69) is 15.9 Å². The lowest BCUT2D eigenvalue weighted by molar-refractivity contribution is 0.0721. The summed E-state index contributed by atoms with van der Waals surface area (Å²) in [5.41, 5.74) is 1.76. The predicted molar refractivity (Wildman–Crippen MR) is 93.2 cm³/mol. The summed E-state index contributed by atoms with van der Waals surface area (Å²) in [5, 5.41) is 0. The molecular formula is C19H15BrFNO2. The normalized spacial score (nSPS) is 12.0. The summed E-state index contributed by atoms with van der Waals surface area (Å²) in [7, 11) is 1.71. The van der Waals surface area contributed by atoms with Gasteiger partial charge in [0.1, 0.15) is 5.82 Å². The highest BCUT2D eigenvalue weighted by Crippen LogP contribution is 2.29. The lowest BCUT2D eigenvalue weighted by Gasteiger charge is -2.28. The highest BCUT2D eigenvalue weighted by molar-refractivity contribution is 9.10. The molecule has 1 unspecified atom stereocenters. The largest absolute Gasteiger partial charge is 0.444 e. The fraction of sp³-hybridized carbons (Fsp3) is 0.105. The number of halogens is 2. The van der Waals surface area contributed by atoms with E-state index in [-0.39, 0.29) is 23.5 Å². The number of carbonyl (C=O) groups is 1. The Kier molecular flexibility index (Phi) is 4.81. The Morgan fingerprint density at radius 2 is 1.62 bits per heavy atom. The Morgan fingerprint density at radius 3 is 2.21 bits per heavy atom. The molecule has 3 nitrogen and oxygen atoms in total. The van der Waals surface area contributed by atoms with Crippen LogP contribution in [0.25, 0.3) is 0 Å². The molecule has 24 heavy (non-hydrogen) atoms. The minimum Gasteiger partial charge on any atom is -0.444 e. The number of benzene rings is 2. The van der Waals surface area contributed by atoms with Gasteiger partial charge in [0.25, 0.3) is 5.91 Å². The van der Waals surface area contributed by atoms with Crippen molar-refractivity contribution >= 4 is 21.8 Å². The van der Waals surface area contributed by atoms with Crippen molar-refractivity contribution in [2.75, 3.05) is 7.05 Å². The molecule has 0 aliphatic heterocycles. The second kappa shape index (κ2) is 7.01. The van der Waals surface area contributed by atoms with Gasteiger partial charge in [-0.1, -0.05) is 42.5 Å². The van der Waals surface area contributed by atoms with Crippen LogP contribution in [-0.2, 0) is 0 Å². The number of nitrogens with zero attached hydrogens (tertiary/aromatic N) is 1. The van der Waals surface area contributed by atoms with Crippen LogP contribution in [-0.4, -0.2) is 17.9 Å². The third kappa shape index (κ3) is 3.41. The van der Waals surface area contributed by atoms with Crippen LogP contribution in [0.2, 0.25) is 0 Å². The van der Waals surface area contributed by atoms with Crippen molar-refractivity contribution in [2.24, 2.45) is 0 Å². The molecular weight excluding hydrogens is 373 g/mol. The highest BCUT2D eigenvalue weighted by atomic mass is 79.9. The van der Waals surface area contributed by atoms with Crippen molar-refractivity contribution in [2.45, 2.75) is 6.04 Å². The van der Waals surface area contributed by atoms with Gasteiger partial charge in [0.2, 0.25) is 0 Å². The van der Waals surface area contributed by atoms with E-state index in [4.69, 9.17) is 4.42 Å². The molecule has 0 radical (unpaired) electrons. The maximum absolute atomic E-state index is 13.3. The van der Waals surface area contributed by atoms with Crippen LogP contribution in [0.4, 0.5) is 4.39 Å². The van der Waals surface area contributed by atoms with Crippen LogP contribution in [0.1, 0.15) is 27.7 Å². The first-order chi connectivity index (χ1) is 11.6. The van der Waals surface area contributed by atoms with Crippen LogP contribution in [0, 0.1) is 5.82 Å². The molecule has 1 aromatic heterocycles. The van der Waals surface area contributed by atoms with Gasteiger partial charge in [-0.3, -0.25) is 4.79 Å². The van der Waals surface area contributed by atoms with Gasteiger partial charge in [0.05, 0.1) is 6.04 Å². The smallest absolute Gasteiger partial charge is 0.290 e. The van der Waals surface area contributed by atoms with E-state index in [0.717, 1.165) is 11.1 Å². The van der Waals surface area contributed by atoms with Crippen molar-refractivity contribution in [1.82, 2.24) is 4.90 Å². The molecule has 0 aliphatic carbocycles. The van der Waals surface area contributed by atoms with E-state index >= 15 is 0 Å². The minimum absolute atomic E-state index is 0.243. The quantitative estimate of drug-likeness (QED) is 0.627. The zero-order chi connectivity index (χ0) is 17.1. The summed E-state index contributed by atoms with van der Waals surface area (Å²) >= 11 is 3.21. The first kappa shape index (κ1) is 16.5. The van der Waals surface area contributed by atoms with Crippen LogP contribution in [0.5, 0.6) is 0 Å². The second-order valence-electron chi connectivity index (χ2n) is 5.38. The Labute approximate surface area is 147 Å². The summed E-state index contributed by atoms with van der Waals surface area (Å²) < 4.78 is 19.1. The SMILES string of the molecule is CN(C(=O)c1ccc(Br)o1)C(c1ccccc1)c1ccc(F)cc1. The van der Waals surface area contributed by atoms with E-state index in [1.54, 1.807) is 36.2 Å². The van der Waals surface area contributed by atoms with Gasteiger partial charge < -0.3 is 9.32 Å². The molecule has 0 saturated carbocycles. The standard InChI is InChI=1S/C19H15BrFNO2/c1-22(19(23)16-11-12-17(20)24-16)18(13-5-3-2-4-6-13)14-7-9-15(21)10-8-14/h2-12,18H,1H3. The third-order valence-electron chi connectivity index (χ3n) is 3.79. The predicted octanol–water partition coefficient (Wildman–Crippen LogP) is 5.04. The lowest BCUT2D eigenvalue weighted by atomic mass is 9.97. The van der Waals surface area contributed by atoms with Gasteiger partial charge in [-0.25, -0.2) is 4.39 Å². The van der Waals surface area contributed by atoms with Crippen molar-refractivity contribution < 1.29 is 13.6 Å². The molecule has 1 amide bonds. The number of carbonyl (C=O) groups excluding carboxylic acids is 1. The number of furan rings is 1. The molecule has 1 atom stereocenters. The van der Waals surface area contributed by atoms with E-state index in [1.807, 2.05) is 30.3 Å². The first-order valence-electron chi connectivity index (χ1n) is 7.39. The number of amides is 1. The molecule has 2 aromatic carbocycles. The van der Waals surface area contributed by atoms with E-state index < -0.39 is 0 Å². The lowest BCUT2D eigenvalue weighted by Crippen LogP contribution is -2.31. The van der Waals surface area contributed by atoms with E-state index in [9.17, 15) is 9.18 Å². The molecule has 1 heterocycles. The molecule has 3 aromatic rings. The van der Waals surface area contributed by atoms with Gasteiger partial charge in [0.15, 0.2) is 10.4 Å². The van der Waals surface area contributed by atoms with E-state index in [0.29, 0.717) is 4.67 Å². The summed E-state index contributed by atoms with van der Waals surface area (Å²) in [6.07, 6.45) is 0. The van der Waals surface area contributed by atoms with Gasteiger partial charge in [-0.2, -0.15) is 0 Å².